The van der Waals surface area contributed by atoms with E-state index in [1.54, 1.807) is 0 Å². The minimum absolute atomic E-state index is 0.258. The number of nitrogens with zero attached hydrogens (tertiary/aromatic N) is 2. The third-order valence-corrected chi connectivity index (χ3v) is 6.00. The van der Waals surface area contributed by atoms with Gasteiger partial charge in [-0.25, -0.2) is 4.98 Å². The van der Waals surface area contributed by atoms with Gasteiger partial charge in [-0.15, -0.1) is 0 Å². The van der Waals surface area contributed by atoms with Crippen molar-refractivity contribution in [3.63, 3.8) is 0 Å². The third-order valence-electron chi connectivity index (χ3n) is 6.00. The number of hydrogen-bond donors (Lipinski definition) is 0. The van der Waals surface area contributed by atoms with Gasteiger partial charge in [0.1, 0.15) is 0 Å². The van der Waals surface area contributed by atoms with Gasteiger partial charge < -0.3 is 4.42 Å². The Hall–Kier alpha value is -2.68. The summed E-state index contributed by atoms with van der Waals surface area (Å²) in [5.74, 6) is 0.387. The van der Waals surface area contributed by atoms with Crippen molar-refractivity contribution in [2.75, 3.05) is 0 Å². The van der Waals surface area contributed by atoms with Crippen LogP contribution < -0.4 is 4.57 Å². The second kappa shape index (κ2) is 6.16. The van der Waals surface area contributed by atoms with Crippen LogP contribution in [0.2, 0.25) is 0 Å². The van der Waals surface area contributed by atoms with Crippen LogP contribution in [0.25, 0.3) is 33.3 Å². The van der Waals surface area contributed by atoms with Gasteiger partial charge in [-0.1, -0.05) is 40.7 Å². The molecule has 29 heavy (non-hydrogen) atoms. The zero-order valence-electron chi connectivity index (χ0n) is 18.3. The summed E-state index contributed by atoms with van der Waals surface area (Å²) in [5, 5.41) is 2.26. The molecule has 0 unspecified atom stereocenters. The first-order chi connectivity index (χ1) is 13.7. The molecular formula is C26H29N2O+. The molecule has 0 aliphatic carbocycles. The van der Waals surface area contributed by atoms with Crippen LogP contribution in [0, 0.1) is 12.3 Å². The first-order valence-electron chi connectivity index (χ1n) is 10.6. The summed E-state index contributed by atoms with van der Waals surface area (Å²) in [7, 11) is 0. The molecule has 0 N–H and O–H groups in total. The van der Waals surface area contributed by atoms with E-state index >= 15 is 0 Å². The molecule has 3 heteroatoms. The Morgan fingerprint density at radius 3 is 2.59 bits per heavy atom. The summed E-state index contributed by atoms with van der Waals surface area (Å²) in [6.45, 7) is 14.4. The molecule has 0 saturated carbocycles. The number of fused-ring (bicyclic) bond motifs is 7. The van der Waals surface area contributed by atoms with Crippen molar-refractivity contribution in [3.05, 3.63) is 58.9 Å². The lowest BCUT2D eigenvalue weighted by Crippen LogP contribution is -2.33. The molecule has 4 heterocycles. The fourth-order valence-corrected chi connectivity index (χ4v) is 4.55. The van der Waals surface area contributed by atoms with Crippen molar-refractivity contribution in [2.24, 2.45) is 5.41 Å². The SMILES string of the molecule is Cc1c[n+]2c(cc1CC(C)(C)C)-c1c(ccc3c1oc1nc(C(C)C)ccc13)C2. The monoisotopic (exact) mass is 385 g/mol. The van der Waals surface area contributed by atoms with Crippen LogP contribution in [0.1, 0.15) is 62.9 Å². The van der Waals surface area contributed by atoms with E-state index in [1.165, 1.54) is 27.9 Å². The Labute approximate surface area is 172 Å². The predicted molar refractivity (Wildman–Crippen MR) is 118 cm³/mol. The van der Waals surface area contributed by atoms with Gasteiger partial charge in [0.25, 0.3) is 0 Å². The lowest BCUT2D eigenvalue weighted by Gasteiger charge is -2.19. The van der Waals surface area contributed by atoms with Crippen molar-refractivity contribution in [3.8, 4) is 11.3 Å². The van der Waals surface area contributed by atoms with Crippen molar-refractivity contribution >= 4 is 22.1 Å². The van der Waals surface area contributed by atoms with Gasteiger partial charge in [-0.05, 0) is 48.4 Å². The maximum absolute atomic E-state index is 6.39. The molecule has 1 aromatic carbocycles. The zero-order valence-corrected chi connectivity index (χ0v) is 18.3. The standard InChI is InChI=1S/C26H29N2O/c1-15(2)21-10-9-20-19-8-7-17-14-28-13-16(3)18(12-26(4,5)6)11-22(28)23(17)24(19)29-25(20)27-21/h7-11,13,15H,12,14H2,1-6H3/q+1. The van der Waals surface area contributed by atoms with Crippen LogP contribution >= 0.6 is 0 Å². The van der Waals surface area contributed by atoms with Crippen LogP contribution in [0.3, 0.4) is 0 Å². The number of benzene rings is 1. The fourth-order valence-electron chi connectivity index (χ4n) is 4.55. The van der Waals surface area contributed by atoms with E-state index in [9.17, 15) is 0 Å². The second-order valence-corrected chi connectivity index (χ2v) is 10.1. The van der Waals surface area contributed by atoms with Gasteiger partial charge >= 0.3 is 0 Å². The largest absolute Gasteiger partial charge is 0.437 e. The van der Waals surface area contributed by atoms with E-state index in [0.29, 0.717) is 5.92 Å². The molecule has 3 aromatic heterocycles. The van der Waals surface area contributed by atoms with Crippen molar-refractivity contribution < 1.29 is 8.98 Å². The summed E-state index contributed by atoms with van der Waals surface area (Å²) >= 11 is 0. The highest BCUT2D eigenvalue weighted by molar-refractivity contribution is 6.09. The maximum Gasteiger partial charge on any atom is 0.227 e. The van der Waals surface area contributed by atoms with Gasteiger partial charge in [-0.3, -0.25) is 0 Å². The van der Waals surface area contributed by atoms with Crippen molar-refractivity contribution in [2.45, 2.75) is 60.4 Å². The molecule has 3 nitrogen and oxygen atoms in total. The summed E-state index contributed by atoms with van der Waals surface area (Å²) in [6, 6.07) is 11.1. The highest BCUT2D eigenvalue weighted by Crippen LogP contribution is 2.40. The minimum Gasteiger partial charge on any atom is -0.437 e. The van der Waals surface area contributed by atoms with Crippen molar-refractivity contribution in [1.82, 2.24) is 4.98 Å². The molecule has 0 spiro atoms. The third kappa shape index (κ3) is 2.95. The number of pyridine rings is 2. The lowest BCUT2D eigenvalue weighted by molar-refractivity contribution is -0.672. The minimum atomic E-state index is 0.258. The van der Waals surface area contributed by atoms with E-state index < -0.39 is 0 Å². The van der Waals surface area contributed by atoms with Crippen LogP contribution in [0.15, 0.2) is 40.9 Å². The quantitative estimate of drug-likeness (QED) is 0.333. The second-order valence-electron chi connectivity index (χ2n) is 10.1. The highest BCUT2D eigenvalue weighted by Gasteiger charge is 2.32. The lowest BCUT2D eigenvalue weighted by atomic mass is 9.86. The molecule has 0 atom stereocenters. The number of aryl methyl sites for hydroxylation is 1. The molecule has 148 valence electrons. The van der Waals surface area contributed by atoms with E-state index in [-0.39, 0.29) is 5.41 Å². The van der Waals surface area contributed by atoms with Gasteiger partial charge in [-0.2, -0.15) is 4.57 Å². The maximum atomic E-state index is 6.39. The van der Waals surface area contributed by atoms with E-state index in [1.807, 2.05) is 0 Å². The number of furan rings is 1. The van der Waals surface area contributed by atoms with Crippen LogP contribution in [0.5, 0.6) is 0 Å². The van der Waals surface area contributed by atoms with Crippen LogP contribution in [-0.4, -0.2) is 4.98 Å². The number of hydrogen-bond acceptors (Lipinski definition) is 2. The summed E-state index contributed by atoms with van der Waals surface area (Å²) in [4.78, 5) is 4.80. The van der Waals surface area contributed by atoms with Crippen molar-refractivity contribution in [1.29, 1.82) is 0 Å². The van der Waals surface area contributed by atoms with E-state index in [2.05, 4.69) is 82.6 Å². The van der Waals surface area contributed by atoms with Crippen LogP contribution in [0.4, 0.5) is 0 Å². The average Bonchev–Trinajstić information content (AvgIpc) is 3.17. The Morgan fingerprint density at radius 1 is 1.10 bits per heavy atom. The van der Waals surface area contributed by atoms with E-state index in [4.69, 9.17) is 9.40 Å². The molecule has 0 radical (unpaired) electrons. The molecule has 0 bridgehead atoms. The predicted octanol–water partition coefficient (Wildman–Crippen LogP) is 6.32. The summed E-state index contributed by atoms with van der Waals surface area (Å²) < 4.78 is 8.76. The molecule has 4 aromatic rings. The molecule has 1 aliphatic heterocycles. The van der Waals surface area contributed by atoms with E-state index in [0.717, 1.165) is 40.7 Å². The molecule has 0 saturated heterocycles. The Bertz CT molecular complexity index is 1270. The summed E-state index contributed by atoms with van der Waals surface area (Å²) in [6.07, 6.45) is 3.37. The molecule has 5 rings (SSSR count). The molecule has 0 fully saturated rings. The summed E-state index contributed by atoms with van der Waals surface area (Å²) in [5.41, 5.74) is 9.67. The van der Waals surface area contributed by atoms with Gasteiger partial charge in [0.2, 0.25) is 11.4 Å². The Morgan fingerprint density at radius 2 is 1.86 bits per heavy atom. The zero-order chi connectivity index (χ0) is 20.5. The topological polar surface area (TPSA) is 29.9 Å². The normalized spacial score (nSPS) is 13.5. The molecule has 0 amide bonds. The molecular weight excluding hydrogens is 356 g/mol. The van der Waals surface area contributed by atoms with Gasteiger partial charge in [0.15, 0.2) is 18.3 Å². The molecule has 1 aliphatic rings. The highest BCUT2D eigenvalue weighted by atomic mass is 16.3. The number of rotatable bonds is 2. The first kappa shape index (κ1) is 18.4. The smallest absolute Gasteiger partial charge is 0.227 e. The van der Waals surface area contributed by atoms with Gasteiger partial charge in [0.05, 0.1) is 5.56 Å². The van der Waals surface area contributed by atoms with Gasteiger partial charge in [0, 0.05) is 33.7 Å². The first-order valence-corrected chi connectivity index (χ1v) is 10.6. The average molecular weight is 386 g/mol. The number of aromatic nitrogens is 2. The van der Waals surface area contributed by atoms with Crippen LogP contribution in [-0.2, 0) is 13.0 Å². The fraction of sp³-hybridized carbons (Fsp3) is 0.385. The Kier molecular flexibility index (Phi) is 3.90. The Balaban J connectivity index is 1.75.